The van der Waals surface area contributed by atoms with E-state index in [2.05, 4.69) is 20.6 Å². The molecule has 0 saturated carbocycles. The van der Waals surface area contributed by atoms with E-state index in [1.165, 1.54) is 0 Å². The van der Waals surface area contributed by atoms with E-state index in [1.807, 2.05) is 42.5 Å². The van der Waals surface area contributed by atoms with Gasteiger partial charge < -0.3 is 14.8 Å². The molecule has 132 valence electrons. The first-order valence-electron chi connectivity index (χ1n) is 8.33. The standard InChI is InChI=1S/C19H19N5O2/c1-25-16-8-7-13(11-17(16)26-2)9-10-20-18-14-5-3-4-6-15(14)19-22-21-12-24(19)23-18/h3-8,11-12H,9-10H2,1-2H3,(H,20,23). The predicted octanol–water partition coefficient (Wildman–Crippen LogP) is 2.95. The van der Waals surface area contributed by atoms with Gasteiger partial charge in [-0.05, 0) is 24.1 Å². The molecule has 0 aliphatic carbocycles. The summed E-state index contributed by atoms with van der Waals surface area (Å²) < 4.78 is 12.3. The van der Waals surface area contributed by atoms with E-state index in [-0.39, 0.29) is 0 Å². The highest BCUT2D eigenvalue weighted by Gasteiger charge is 2.10. The summed E-state index contributed by atoms with van der Waals surface area (Å²) in [7, 11) is 3.28. The first kappa shape index (κ1) is 16.1. The number of benzene rings is 2. The zero-order valence-electron chi connectivity index (χ0n) is 14.6. The molecular formula is C19H19N5O2. The minimum absolute atomic E-state index is 0.731. The van der Waals surface area contributed by atoms with Crippen molar-refractivity contribution >= 4 is 22.2 Å². The van der Waals surface area contributed by atoms with Gasteiger partial charge in [0.2, 0.25) is 0 Å². The summed E-state index contributed by atoms with van der Waals surface area (Å²) in [5.41, 5.74) is 1.91. The third kappa shape index (κ3) is 2.88. The third-order valence-electron chi connectivity index (χ3n) is 4.32. The smallest absolute Gasteiger partial charge is 0.185 e. The van der Waals surface area contributed by atoms with Gasteiger partial charge in [-0.15, -0.1) is 15.3 Å². The number of nitrogens with one attached hydrogen (secondary N) is 1. The molecular weight excluding hydrogens is 330 g/mol. The van der Waals surface area contributed by atoms with Gasteiger partial charge in [0.05, 0.1) is 14.2 Å². The molecule has 0 amide bonds. The van der Waals surface area contributed by atoms with Crippen LogP contribution in [0.1, 0.15) is 5.56 Å². The van der Waals surface area contributed by atoms with Crippen LogP contribution in [0.5, 0.6) is 11.5 Å². The van der Waals surface area contributed by atoms with Crippen molar-refractivity contribution in [2.75, 3.05) is 26.1 Å². The summed E-state index contributed by atoms with van der Waals surface area (Å²) in [6.45, 7) is 0.736. The zero-order chi connectivity index (χ0) is 17.9. The Morgan fingerprint density at radius 1 is 1.00 bits per heavy atom. The van der Waals surface area contributed by atoms with E-state index in [0.717, 1.165) is 52.3 Å². The van der Waals surface area contributed by atoms with Crippen LogP contribution in [0.15, 0.2) is 48.8 Å². The minimum Gasteiger partial charge on any atom is -0.493 e. The van der Waals surface area contributed by atoms with Crippen molar-refractivity contribution in [2.45, 2.75) is 6.42 Å². The zero-order valence-corrected chi connectivity index (χ0v) is 14.6. The van der Waals surface area contributed by atoms with E-state index >= 15 is 0 Å². The Balaban J connectivity index is 1.56. The molecule has 1 N–H and O–H groups in total. The summed E-state index contributed by atoms with van der Waals surface area (Å²) >= 11 is 0. The maximum Gasteiger partial charge on any atom is 0.185 e. The van der Waals surface area contributed by atoms with Crippen LogP contribution in [0.25, 0.3) is 16.4 Å². The summed E-state index contributed by atoms with van der Waals surface area (Å²) in [5.74, 6) is 2.28. The highest BCUT2D eigenvalue weighted by atomic mass is 16.5. The number of nitrogens with zero attached hydrogens (tertiary/aromatic N) is 4. The van der Waals surface area contributed by atoms with Crippen LogP contribution in [0.4, 0.5) is 5.82 Å². The number of hydrogen-bond donors (Lipinski definition) is 1. The average Bonchev–Trinajstić information content (AvgIpc) is 3.16. The van der Waals surface area contributed by atoms with Gasteiger partial charge in [-0.2, -0.15) is 4.52 Å². The van der Waals surface area contributed by atoms with Crippen LogP contribution in [-0.2, 0) is 6.42 Å². The highest BCUT2D eigenvalue weighted by molar-refractivity contribution is 5.99. The molecule has 0 saturated heterocycles. The van der Waals surface area contributed by atoms with Gasteiger partial charge >= 0.3 is 0 Å². The molecule has 4 rings (SSSR count). The van der Waals surface area contributed by atoms with Gasteiger partial charge in [0.25, 0.3) is 0 Å². The Morgan fingerprint density at radius 3 is 2.62 bits per heavy atom. The molecule has 2 aromatic heterocycles. The fourth-order valence-electron chi connectivity index (χ4n) is 3.02. The van der Waals surface area contributed by atoms with E-state index in [9.17, 15) is 0 Å². The lowest BCUT2D eigenvalue weighted by Gasteiger charge is -2.11. The minimum atomic E-state index is 0.731. The molecule has 0 aliphatic heterocycles. The molecule has 2 aromatic carbocycles. The van der Waals surface area contributed by atoms with Crippen molar-refractivity contribution in [3.8, 4) is 11.5 Å². The molecule has 2 heterocycles. The van der Waals surface area contributed by atoms with Gasteiger partial charge in [-0.1, -0.05) is 30.3 Å². The number of hydrogen-bond acceptors (Lipinski definition) is 6. The molecule has 7 nitrogen and oxygen atoms in total. The summed E-state index contributed by atoms with van der Waals surface area (Å²) in [6.07, 6.45) is 2.44. The molecule has 26 heavy (non-hydrogen) atoms. The normalized spacial score (nSPS) is 11.0. The van der Waals surface area contributed by atoms with Crippen LogP contribution >= 0.6 is 0 Å². The second-order valence-corrected chi connectivity index (χ2v) is 5.86. The fraction of sp³-hybridized carbons (Fsp3) is 0.211. The Morgan fingerprint density at radius 2 is 1.81 bits per heavy atom. The van der Waals surface area contributed by atoms with Gasteiger partial charge in [0.1, 0.15) is 6.33 Å². The molecule has 0 bridgehead atoms. The monoisotopic (exact) mass is 349 g/mol. The van der Waals surface area contributed by atoms with Crippen LogP contribution in [0.2, 0.25) is 0 Å². The highest BCUT2D eigenvalue weighted by Crippen LogP contribution is 2.28. The van der Waals surface area contributed by atoms with Gasteiger partial charge in [-0.3, -0.25) is 0 Å². The third-order valence-corrected chi connectivity index (χ3v) is 4.32. The van der Waals surface area contributed by atoms with E-state index in [0.29, 0.717) is 0 Å². The fourth-order valence-corrected chi connectivity index (χ4v) is 3.02. The second kappa shape index (κ2) is 6.87. The molecule has 7 heteroatoms. The van der Waals surface area contributed by atoms with Gasteiger partial charge in [-0.25, -0.2) is 0 Å². The topological polar surface area (TPSA) is 73.6 Å². The number of ether oxygens (including phenoxy) is 2. The van der Waals surface area contributed by atoms with E-state index in [1.54, 1.807) is 25.1 Å². The van der Waals surface area contributed by atoms with Crippen molar-refractivity contribution in [2.24, 2.45) is 0 Å². The Bertz CT molecular complexity index is 1060. The number of methoxy groups -OCH3 is 2. The summed E-state index contributed by atoms with van der Waals surface area (Å²) in [6, 6.07) is 14.0. The molecule has 0 spiro atoms. The quantitative estimate of drug-likeness (QED) is 0.577. The number of anilines is 1. The number of fused-ring (bicyclic) bond motifs is 3. The van der Waals surface area contributed by atoms with Crippen LogP contribution in [0, 0.1) is 0 Å². The lowest BCUT2D eigenvalue weighted by molar-refractivity contribution is 0.354. The Labute approximate surface area is 150 Å². The molecule has 0 atom stereocenters. The van der Waals surface area contributed by atoms with Crippen molar-refractivity contribution in [3.63, 3.8) is 0 Å². The van der Waals surface area contributed by atoms with Crippen LogP contribution in [-0.4, -0.2) is 40.6 Å². The Hall–Kier alpha value is -3.35. The maximum absolute atomic E-state index is 5.36. The van der Waals surface area contributed by atoms with Gasteiger partial charge in [0.15, 0.2) is 23.0 Å². The van der Waals surface area contributed by atoms with E-state index in [4.69, 9.17) is 9.47 Å². The summed E-state index contributed by atoms with van der Waals surface area (Å²) in [5, 5.41) is 18.2. The number of aromatic nitrogens is 4. The Kier molecular flexibility index (Phi) is 4.27. The molecule has 0 unspecified atom stereocenters. The van der Waals surface area contributed by atoms with Crippen molar-refractivity contribution in [1.29, 1.82) is 0 Å². The van der Waals surface area contributed by atoms with E-state index < -0.39 is 0 Å². The van der Waals surface area contributed by atoms with Crippen molar-refractivity contribution in [1.82, 2.24) is 19.8 Å². The first-order valence-corrected chi connectivity index (χ1v) is 8.33. The van der Waals surface area contributed by atoms with Crippen molar-refractivity contribution < 1.29 is 9.47 Å². The van der Waals surface area contributed by atoms with Gasteiger partial charge in [0, 0.05) is 17.3 Å². The first-order chi connectivity index (χ1) is 12.8. The number of rotatable bonds is 6. The SMILES string of the molecule is COc1ccc(CCNc2nn3cnnc3c3ccccc23)cc1OC. The maximum atomic E-state index is 5.36. The van der Waals surface area contributed by atoms with Crippen LogP contribution < -0.4 is 14.8 Å². The predicted molar refractivity (Wildman–Crippen MR) is 100 cm³/mol. The largest absolute Gasteiger partial charge is 0.493 e. The summed E-state index contributed by atoms with van der Waals surface area (Å²) in [4.78, 5) is 0. The average molecular weight is 349 g/mol. The molecule has 0 fully saturated rings. The second-order valence-electron chi connectivity index (χ2n) is 5.86. The van der Waals surface area contributed by atoms with Crippen molar-refractivity contribution in [3.05, 3.63) is 54.4 Å². The molecule has 4 aromatic rings. The lowest BCUT2D eigenvalue weighted by Crippen LogP contribution is -2.09. The molecule has 0 aliphatic rings. The van der Waals surface area contributed by atoms with Crippen LogP contribution in [0.3, 0.4) is 0 Å². The molecule has 0 radical (unpaired) electrons. The lowest BCUT2D eigenvalue weighted by atomic mass is 10.1.